The van der Waals surface area contributed by atoms with Crippen molar-refractivity contribution in [3.8, 4) is 5.75 Å². The first-order chi connectivity index (χ1) is 9.57. The van der Waals surface area contributed by atoms with E-state index < -0.39 is 0 Å². The van der Waals surface area contributed by atoms with Crippen molar-refractivity contribution in [3.63, 3.8) is 0 Å². The van der Waals surface area contributed by atoms with Gasteiger partial charge in [0.05, 0.1) is 7.11 Å². The van der Waals surface area contributed by atoms with E-state index in [2.05, 4.69) is 65.1 Å². The summed E-state index contributed by atoms with van der Waals surface area (Å²) in [6.07, 6.45) is 2.42. The molecule has 0 heterocycles. The molecule has 118 valence electrons. The van der Waals surface area contributed by atoms with E-state index in [9.17, 15) is 0 Å². The molecule has 0 radical (unpaired) electrons. The number of aryl methyl sites for hydroxylation is 1. The predicted octanol–water partition coefficient (Wildman–Crippen LogP) is 4.45. The van der Waals surface area contributed by atoms with E-state index in [1.54, 1.807) is 7.11 Å². The number of benzene rings is 1. The third-order valence-corrected chi connectivity index (χ3v) is 4.52. The van der Waals surface area contributed by atoms with Crippen LogP contribution < -0.4 is 10.1 Å². The van der Waals surface area contributed by atoms with Gasteiger partial charge in [-0.25, -0.2) is 0 Å². The lowest BCUT2D eigenvalue weighted by molar-refractivity contribution is 0.0493. The van der Waals surface area contributed by atoms with Gasteiger partial charge in [-0.3, -0.25) is 0 Å². The van der Waals surface area contributed by atoms with E-state index >= 15 is 0 Å². The lowest BCUT2D eigenvalue weighted by Gasteiger charge is -2.55. The van der Waals surface area contributed by atoms with Crippen LogP contribution in [0, 0.1) is 12.3 Å². The Morgan fingerprint density at radius 2 is 1.81 bits per heavy atom. The maximum absolute atomic E-state index is 5.65. The average molecular weight is 289 g/mol. The fourth-order valence-corrected chi connectivity index (χ4v) is 3.86. The summed E-state index contributed by atoms with van der Waals surface area (Å²) < 4.78 is 5.65. The Balaban J connectivity index is 2.35. The maximum Gasteiger partial charge on any atom is 0.122 e. The Hall–Kier alpha value is -1.02. The Morgan fingerprint density at radius 1 is 1.19 bits per heavy atom. The van der Waals surface area contributed by atoms with Gasteiger partial charge in [0, 0.05) is 23.1 Å². The summed E-state index contributed by atoms with van der Waals surface area (Å²) in [6.45, 7) is 14.6. The summed E-state index contributed by atoms with van der Waals surface area (Å²) in [4.78, 5) is 0. The monoisotopic (exact) mass is 289 g/mol. The molecule has 1 N–H and O–H groups in total. The Kier molecular flexibility index (Phi) is 4.14. The summed E-state index contributed by atoms with van der Waals surface area (Å²) in [5.74, 6) is 1.03. The second-order valence-corrected chi connectivity index (χ2v) is 8.61. The highest BCUT2D eigenvalue weighted by molar-refractivity contribution is 5.45. The molecule has 0 aliphatic heterocycles. The smallest absolute Gasteiger partial charge is 0.122 e. The van der Waals surface area contributed by atoms with Gasteiger partial charge in [0.2, 0.25) is 0 Å². The largest absolute Gasteiger partial charge is 0.496 e. The van der Waals surface area contributed by atoms with Gasteiger partial charge in [-0.2, -0.15) is 0 Å². The number of hydrogen-bond donors (Lipinski definition) is 1. The molecular weight excluding hydrogens is 258 g/mol. The van der Waals surface area contributed by atoms with E-state index in [4.69, 9.17) is 4.74 Å². The van der Waals surface area contributed by atoms with Gasteiger partial charge < -0.3 is 10.1 Å². The Morgan fingerprint density at radius 3 is 2.29 bits per heavy atom. The summed E-state index contributed by atoms with van der Waals surface area (Å²) in [6, 6.07) is 6.57. The fourth-order valence-electron chi connectivity index (χ4n) is 3.86. The van der Waals surface area contributed by atoms with Crippen molar-refractivity contribution < 1.29 is 4.74 Å². The van der Waals surface area contributed by atoms with Crippen molar-refractivity contribution in [3.05, 3.63) is 29.3 Å². The molecule has 21 heavy (non-hydrogen) atoms. The molecule has 0 amide bonds. The van der Waals surface area contributed by atoms with Gasteiger partial charge in [0.1, 0.15) is 5.75 Å². The Labute approximate surface area is 130 Å². The zero-order chi connectivity index (χ0) is 15.9. The highest BCUT2D eigenvalue weighted by Gasteiger charge is 2.51. The molecule has 1 aliphatic carbocycles. The van der Waals surface area contributed by atoms with Gasteiger partial charge in [0.25, 0.3) is 0 Å². The van der Waals surface area contributed by atoms with Crippen LogP contribution >= 0.6 is 0 Å². The van der Waals surface area contributed by atoms with Gasteiger partial charge in [0.15, 0.2) is 0 Å². The third kappa shape index (κ3) is 3.60. The zero-order valence-electron chi connectivity index (χ0n) is 14.8. The van der Waals surface area contributed by atoms with Crippen molar-refractivity contribution in [1.29, 1.82) is 0 Å². The van der Waals surface area contributed by atoms with Gasteiger partial charge >= 0.3 is 0 Å². The van der Waals surface area contributed by atoms with Crippen LogP contribution in [0.2, 0.25) is 0 Å². The molecule has 1 fully saturated rings. The second-order valence-electron chi connectivity index (χ2n) is 8.61. The van der Waals surface area contributed by atoms with E-state index in [1.165, 1.54) is 24.0 Å². The number of rotatable bonds is 4. The minimum Gasteiger partial charge on any atom is -0.496 e. The van der Waals surface area contributed by atoms with Crippen LogP contribution in [0.1, 0.15) is 58.6 Å². The highest BCUT2D eigenvalue weighted by atomic mass is 16.5. The number of nitrogens with one attached hydrogen (secondary N) is 1. The third-order valence-electron chi connectivity index (χ3n) is 4.52. The molecule has 1 aromatic carbocycles. The first-order valence-corrected chi connectivity index (χ1v) is 7.97. The molecule has 0 saturated heterocycles. The van der Waals surface area contributed by atoms with Crippen molar-refractivity contribution in [1.82, 2.24) is 5.32 Å². The fraction of sp³-hybridized carbons (Fsp3) is 0.684. The highest BCUT2D eigenvalue weighted by Crippen LogP contribution is 2.57. The van der Waals surface area contributed by atoms with Gasteiger partial charge in [-0.15, -0.1) is 0 Å². The zero-order valence-corrected chi connectivity index (χ0v) is 14.8. The molecule has 2 nitrogen and oxygen atoms in total. The summed E-state index contributed by atoms with van der Waals surface area (Å²) >= 11 is 0. The van der Waals surface area contributed by atoms with E-state index in [1.807, 2.05) is 0 Å². The number of hydrogen-bond acceptors (Lipinski definition) is 2. The average Bonchev–Trinajstić information content (AvgIpc) is 2.32. The molecular formula is C19H31NO. The molecule has 0 aromatic heterocycles. The number of ether oxygens (including phenoxy) is 1. The minimum atomic E-state index is 0.143. The predicted molar refractivity (Wildman–Crippen MR) is 90.2 cm³/mol. The second kappa shape index (κ2) is 5.31. The molecule has 2 rings (SSSR count). The van der Waals surface area contributed by atoms with Gasteiger partial charge in [-0.1, -0.05) is 31.5 Å². The molecule has 1 saturated carbocycles. The van der Waals surface area contributed by atoms with Crippen LogP contribution in [0.15, 0.2) is 18.2 Å². The molecule has 1 aliphatic rings. The molecule has 2 heteroatoms. The van der Waals surface area contributed by atoms with Gasteiger partial charge in [-0.05, 0) is 52.0 Å². The van der Waals surface area contributed by atoms with Crippen LogP contribution in [0.3, 0.4) is 0 Å². The molecule has 0 bridgehead atoms. The molecule has 1 aromatic rings. The SMILES string of the molecule is COc1ccc(C)cc1C1(CNC(C)(C)C)CC(C)(C)C1. The first-order valence-electron chi connectivity index (χ1n) is 7.97. The van der Waals surface area contributed by atoms with Crippen LogP contribution in [0.4, 0.5) is 0 Å². The maximum atomic E-state index is 5.65. The molecule has 0 spiro atoms. The quantitative estimate of drug-likeness (QED) is 0.884. The van der Waals surface area contributed by atoms with Crippen molar-refractivity contribution >= 4 is 0 Å². The molecule has 0 unspecified atom stereocenters. The standard InChI is InChI=1S/C19H31NO/c1-14-8-9-16(21-7)15(10-14)19(11-18(5,6)12-19)13-20-17(2,3)4/h8-10,20H,11-13H2,1-7H3. The van der Waals surface area contributed by atoms with Crippen LogP contribution in [0.5, 0.6) is 5.75 Å². The number of methoxy groups -OCH3 is 1. The van der Waals surface area contributed by atoms with Crippen LogP contribution in [0.25, 0.3) is 0 Å². The lowest BCUT2D eigenvalue weighted by atomic mass is 9.51. The van der Waals surface area contributed by atoms with E-state index in [0.717, 1.165) is 12.3 Å². The van der Waals surface area contributed by atoms with Crippen molar-refractivity contribution in [2.45, 2.75) is 65.3 Å². The first kappa shape index (κ1) is 16.4. The normalized spacial score (nSPS) is 20.0. The van der Waals surface area contributed by atoms with E-state index in [0.29, 0.717) is 5.41 Å². The van der Waals surface area contributed by atoms with Crippen molar-refractivity contribution in [2.75, 3.05) is 13.7 Å². The molecule has 0 atom stereocenters. The summed E-state index contributed by atoms with van der Waals surface area (Å²) in [5.41, 5.74) is 3.46. The van der Waals surface area contributed by atoms with Crippen molar-refractivity contribution in [2.24, 2.45) is 5.41 Å². The lowest BCUT2D eigenvalue weighted by Crippen LogP contribution is -2.55. The van der Waals surface area contributed by atoms with Crippen LogP contribution in [-0.2, 0) is 5.41 Å². The Bertz CT molecular complexity index is 503. The van der Waals surface area contributed by atoms with Crippen LogP contribution in [-0.4, -0.2) is 19.2 Å². The minimum absolute atomic E-state index is 0.143. The summed E-state index contributed by atoms with van der Waals surface area (Å²) in [5, 5.41) is 3.72. The topological polar surface area (TPSA) is 21.3 Å². The summed E-state index contributed by atoms with van der Waals surface area (Å²) in [7, 11) is 1.78. The van der Waals surface area contributed by atoms with E-state index in [-0.39, 0.29) is 11.0 Å².